The van der Waals surface area contributed by atoms with Gasteiger partial charge in [0.1, 0.15) is 6.10 Å². The average molecular weight is 415 g/mol. The van der Waals surface area contributed by atoms with Crippen molar-refractivity contribution in [3.05, 3.63) is 59.5 Å². The van der Waals surface area contributed by atoms with Crippen molar-refractivity contribution in [1.29, 1.82) is 0 Å². The number of carbonyl (C=O) groups is 1. The number of rotatable bonds is 10. The fourth-order valence-electron chi connectivity index (χ4n) is 4.23. The summed E-state index contributed by atoms with van der Waals surface area (Å²) in [6.07, 6.45) is 8.08. The molecule has 1 aromatic carbocycles. The van der Waals surface area contributed by atoms with E-state index in [1.165, 1.54) is 0 Å². The second-order valence-electron chi connectivity index (χ2n) is 7.98. The smallest absolute Gasteiger partial charge is 0.303 e. The first-order valence-corrected chi connectivity index (χ1v) is 11.2. The minimum atomic E-state index is -0.741. The van der Waals surface area contributed by atoms with E-state index in [9.17, 15) is 15.0 Å². The van der Waals surface area contributed by atoms with Crippen molar-refractivity contribution in [1.82, 2.24) is 0 Å². The molecular weight excluding hydrogens is 384 g/mol. The van der Waals surface area contributed by atoms with Gasteiger partial charge >= 0.3 is 5.97 Å². The molecule has 1 aliphatic carbocycles. The van der Waals surface area contributed by atoms with Gasteiger partial charge in [-0.1, -0.05) is 61.8 Å². The molecule has 1 aliphatic rings. The van der Waals surface area contributed by atoms with Crippen LogP contribution in [0.2, 0.25) is 0 Å². The molecule has 29 heavy (non-hydrogen) atoms. The zero-order chi connectivity index (χ0) is 20.8. The van der Waals surface area contributed by atoms with E-state index in [-0.39, 0.29) is 18.3 Å². The van der Waals surface area contributed by atoms with E-state index < -0.39 is 18.2 Å². The molecule has 0 unspecified atom stereocenters. The molecule has 3 rings (SSSR count). The number of aliphatic hydroxyl groups excluding tert-OH is 2. The van der Waals surface area contributed by atoms with Crippen molar-refractivity contribution in [2.24, 2.45) is 11.8 Å². The molecule has 0 saturated heterocycles. The number of carboxylic acid groups (broad SMARTS) is 1. The Morgan fingerprint density at radius 2 is 2.00 bits per heavy atom. The number of fused-ring (bicyclic) bond motifs is 1. The zero-order valence-electron chi connectivity index (χ0n) is 16.7. The number of aliphatic carboxylic acids is 1. The van der Waals surface area contributed by atoms with Crippen LogP contribution in [0.1, 0.15) is 55.9 Å². The Labute approximate surface area is 176 Å². The van der Waals surface area contributed by atoms with Crippen LogP contribution in [-0.2, 0) is 4.79 Å². The number of carboxylic acids is 1. The highest BCUT2D eigenvalue weighted by Gasteiger charge is 2.35. The second kappa shape index (κ2) is 10.2. The molecule has 4 atom stereocenters. The van der Waals surface area contributed by atoms with Crippen molar-refractivity contribution in [2.75, 3.05) is 0 Å². The maximum absolute atomic E-state index is 10.6. The van der Waals surface area contributed by atoms with Crippen molar-refractivity contribution < 1.29 is 20.1 Å². The van der Waals surface area contributed by atoms with Crippen LogP contribution in [0.4, 0.5) is 0 Å². The quantitative estimate of drug-likeness (QED) is 0.356. The number of aliphatic hydroxyl groups is 2. The zero-order valence-corrected chi connectivity index (χ0v) is 17.5. The summed E-state index contributed by atoms with van der Waals surface area (Å²) < 4.78 is 1.16. The molecule has 0 amide bonds. The fraction of sp³-hybridized carbons (Fsp3) is 0.458. The molecule has 2 aromatic rings. The first-order valence-electron chi connectivity index (χ1n) is 10.4. The van der Waals surface area contributed by atoms with E-state index in [1.54, 1.807) is 11.3 Å². The van der Waals surface area contributed by atoms with Crippen LogP contribution in [-0.4, -0.2) is 27.4 Å². The molecule has 5 heteroatoms. The maximum atomic E-state index is 10.6. The molecular formula is C24H30O4S. The van der Waals surface area contributed by atoms with E-state index in [0.29, 0.717) is 12.8 Å². The third kappa shape index (κ3) is 5.78. The molecule has 0 radical (unpaired) electrons. The van der Waals surface area contributed by atoms with Crippen molar-refractivity contribution in [3.63, 3.8) is 0 Å². The molecule has 3 N–H and O–H groups in total. The van der Waals surface area contributed by atoms with Gasteiger partial charge in [-0.15, -0.1) is 11.3 Å². The molecule has 1 heterocycles. The summed E-state index contributed by atoms with van der Waals surface area (Å²) in [4.78, 5) is 11.5. The standard InChI is InChI=1S/C24H30O4S/c1-16-14-21(26)19(9-4-2-3-5-11-24(27)28)18(16)12-13-20(25)23-15-17-8-6-7-10-22(17)29-23/h6-8,10,12-13,15,18-21,25-26H,1-5,9,11,14H2,(H,27,28)/t18-,19+,20+,21-/m0/s1. The highest BCUT2D eigenvalue weighted by Crippen LogP contribution is 2.40. The monoisotopic (exact) mass is 414 g/mol. The summed E-state index contributed by atoms with van der Waals surface area (Å²) in [5.74, 6) is -0.546. The lowest BCUT2D eigenvalue weighted by atomic mass is 9.87. The van der Waals surface area contributed by atoms with Crippen LogP contribution in [0.25, 0.3) is 10.1 Å². The molecule has 0 spiro atoms. The van der Waals surface area contributed by atoms with Gasteiger partial charge in [0.05, 0.1) is 6.10 Å². The predicted molar refractivity (Wildman–Crippen MR) is 118 cm³/mol. The van der Waals surface area contributed by atoms with Crippen LogP contribution in [0.3, 0.4) is 0 Å². The lowest BCUT2D eigenvalue weighted by Crippen LogP contribution is -2.18. The fourth-order valence-corrected chi connectivity index (χ4v) is 5.26. The van der Waals surface area contributed by atoms with Gasteiger partial charge in [-0.2, -0.15) is 0 Å². The lowest BCUT2D eigenvalue weighted by Gasteiger charge is -2.20. The summed E-state index contributed by atoms with van der Waals surface area (Å²) in [6.45, 7) is 4.14. The van der Waals surface area contributed by atoms with E-state index in [2.05, 4.69) is 12.6 Å². The summed E-state index contributed by atoms with van der Waals surface area (Å²) in [5, 5.41) is 30.9. The topological polar surface area (TPSA) is 77.8 Å². The minimum absolute atomic E-state index is 0.0769. The molecule has 4 nitrogen and oxygen atoms in total. The van der Waals surface area contributed by atoms with Crippen LogP contribution < -0.4 is 0 Å². The van der Waals surface area contributed by atoms with Crippen LogP contribution in [0, 0.1) is 11.8 Å². The highest BCUT2D eigenvalue weighted by molar-refractivity contribution is 7.19. The van der Waals surface area contributed by atoms with Gasteiger partial charge < -0.3 is 15.3 Å². The molecule has 1 saturated carbocycles. The van der Waals surface area contributed by atoms with Crippen molar-refractivity contribution in [3.8, 4) is 0 Å². The molecule has 156 valence electrons. The minimum Gasteiger partial charge on any atom is -0.481 e. The van der Waals surface area contributed by atoms with E-state index in [0.717, 1.165) is 46.2 Å². The lowest BCUT2D eigenvalue weighted by molar-refractivity contribution is -0.137. The maximum Gasteiger partial charge on any atom is 0.303 e. The molecule has 1 fully saturated rings. The van der Waals surface area contributed by atoms with Gasteiger partial charge in [-0.25, -0.2) is 0 Å². The molecule has 1 aromatic heterocycles. The third-order valence-electron chi connectivity index (χ3n) is 5.81. The van der Waals surface area contributed by atoms with Crippen molar-refractivity contribution in [2.45, 2.75) is 57.2 Å². The Bertz CT molecular complexity index is 836. The van der Waals surface area contributed by atoms with Gasteiger partial charge in [0.2, 0.25) is 0 Å². The van der Waals surface area contributed by atoms with Crippen LogP contribution >= 0.6 is 11.3 Å². The number of hydrogen-bond donors (Lipinski definition) is 3. The van der Waals surface area contributed by atoms with Gasteiger partial charge in [-0.3, -0.25) is 4.79 Å². The summed E-state index contributed by atoms with van der Waals surface area (Å²) in [6, 6.07) is 10.1. The largest absolute Gasteiger partial charge is 0.481 e. The Hall–Kier alpha value is -1.95. The highest BCUT2D eigenvalue weighted by atomic mass is 32.1. The number of hydrogen-bond acceptors (Lipinski definition) is 4. The molecule has 0 bridgehead atoms. The Morgan fingerprint density at radius 3 is 2.76 bits per heavy atom. The van der Waals surface area contributed by atoms with Gasteiger partial charge in [0, 0.05) is 21.9 Å². The van der Waals surface area contributed by atoms with E-state index >= 15 is 0 Å². The van der Waals surface area contributed by atoms with Gasteiger partial charge in [0.25, 0.3) is 0 Å². The summed E-state index contributed by atoms with van der Waals surface area (Å²) >= 11 is 1.60. The third-order valence-corrected chi connectivity index (χ3v) is 7.00. The van der Waals surface area contributed by atoms with Crippen LogP contribution in [0.15, 0.2) is 54.6 Å². The van der Waals surface area contributed by atoms with Gasteiger partial charge in [-0.05, 0) is 42.7 Å². The number of allylic oxidation sites excluding steroid dienone is 1. The Morgan fingerprint density at radius 1 is 1.24 bits per heavy atom. The summed E-state index contributed by atoms with van der Waals surface area (Å²) in [5.41, 5.74) is 1.02. The first kappa shape index (κ1) is 21.8. The van der Waals surface area contributed by atoms with Crippen molar-refractivity contribution >= 4 is 27.4 Å². The van der Waals surface area contributed by atoms with Crippen LogP contribution in [0.5, 0.6) is 0 Å². The number of thiophene rings is 1. The predicted octanol–water partition coefficient (Wildman–Crippen LogP) is 5.47. The first-order chi connectivity index (χ1) is 14.0. The SMILES string of the molecule is C=C1C[C@H](O)[C@H](CCCCCCC(=O)O)[C@H]1C=C[C@@H](O)c1cc2ccccc2s1. The number of benzene rings is 1. The van der Waals surface area contributed by atoms with E-state index in [4.69, 9.17) is 5.11 Å². The van der Waals surface area contributed by atoms with E-state index in [1.807, 2.05) is 36.4 Å². The normalized spacial score (nSPS) is 23.2. The Kier molecular flexibility index (Phi) is 7.64. The van der Waals surface area contributed by atoms with Gasteiger partial charge in [0.15, 0.2) is 0 Å². The number of unbranched alkanes of at least 4 members (excludes halogenated alkanes) is 3. The summed E-state index contributed by atoms with van der Waals surface area (Å²) in [7, 11) is 0. The second-order valence-corrected chi connectivity index (χ2v) is 9.10. The average Bonchev–Trinajstić information content (AvgIpc) is 3.23. The Balaban J connectivity index is 1.56. The molecule has 0 aliphatic heterocycles.